The number of sulfonamides is 1. The van der Waals surface area contributed by atoms with Crippen molar-refractivity contribution < 1.29 is 26.1 Å². The fraction of sp³-hybridized carbons (Fsp3) is 0.455. The monoisotopic (exact) mass is 325 g/mol. The zero-order chi connectivity index (χ0) is 15.8. The Kier molecular flexibility index (Phi) is 4.59. The van der Waals surface area contributed by atoms with Crippen LogP contribution in [-0.2, 0) is 24.7 Å². The van der Waals surface area contributed by atoms with Gasteiger partial charge in [0, 0.05) is 6.26 Å². The number of hydrogen-bond donors (Lipinski definition) is 1. The molecule has 0 saturated heterocycles. The molecule has 6 nitrogen and oxygen atoms in total. The smallest absolute Gasteiger partial charge is 0.265 e. The second-order valence-corrected chi connectivity index (χ2v) is 8.79. The first-order chi connectivity index (χ1) is 8.83. The van der Waals surface area contributed by atoms with Crippen molar-refractivity contribution in [3.05, 3.63) is 24.0 Å². The SMILES string of the molecule is CC(C)(C)ONS(=O)(=O)c1cc(S(C)(=O)=O)ccc1F. The first-order valence-electron chi connectivity index (χ1n) is 5.52. The number of rotatable bonds is 4. The molecule has 0 aliphatic rings. The summed E-state index contributed by atoms with van der Waals surface area (Å²) in [5.74, 6) is -1.07. The molecule has 1 aromatic rings. The van der Waals surface area contributed by atoms with Crippen LogP contribution in [0.15, 0.2) is 28.0 Å². The molecule has 0 bridgehead atoms. The zero-order valence-corrected chi connectivity index (χ0v) is 13.1. The van der Waals surface area contributed by atoms with E-state index in [1.54, 1.807) is 25.7 Å². The molecule has 20 heavy (non-hydrogen) atoms. The molecular weight excluding hydrogens is 309 g/mol. The Labute approximate surface area is 117 Å². The third-order valence-electron chi connectivity index (χ3n) is 2.08. The molecule has 1 rings (SSSR count). The van der Waals surface area contributed by atoms with Crippen LogP contribution in [0.25, 0.3) is 0 Å². The van der Waals surface area contributed by atoms with Gasteiger partial charge in [0.15, 0.2) is 9.84 Å². The Morgan fingerprint density at radius 3 is 2.15 bits per heavy atom. The van der Waals surface area contributed by atoms with Gasteiger partial charge in [-0.25, -0.2) is 21.2 Å². The zero-order valence-electron chi connectivity index (χ0n) is 11.5. The summed E-state index contributed by atoms with van der Waals surface area (Å²) in [5.41, 5.74) is -0.821. The first-order valence-corrected chi connectivity index (χ1v) is 8.90. The van der Waals surface area contributed by atoms with Crippen molar-refractivity contribution in [3.8, 4) is 0 Å². The van der Waals surface area contributed by atoms with Crippen LogP contribution >= 0.6 is 0 Å². The maximum Gasteiger partial charge on any atom is 0.265 e. The highest BCUT2D eigenvalue weighted by Gasteiger charge is 2.24. The summed E-state index contributed by atoms with van der Waals surface area (Å²) in [6.07, 6.45) is 0.899. The highest BCUT2D eigenvalue weighted by Crippen LogP contribution is 2.20. The number of halogens is 1. The summed E-state index contributed by atoms with van der Waals surface area (Å²) in [7, 11) is -7.96. The minimum Gasteiger partial charge on any atom is -0.281 e. The van der Waals surface area contributed by atoms with Crippen molar-refractivity contribution in [1.29, 1.82) is 0 Å². The molecule has 0 saturated carbocycles. The van der Waals surface area contributed by atoms with Gasteiger partial charge >= 0.3 is 0 Å². The second kappa shape index (κ2) is 5.40. The van der Waals surface area contributed by atoms with E-state index >= 15 is 0 Å². The van der Waals surface area contributed by atoms with E-state index in [1.165, 1.54) is 0 Å². The number of benzene rings is 1. The lowest BCUT2D eigenvalue weighted by Crippen LogP contribution is -2.34. The van der Waals surface area contributed by atoms with Crippen molar-refractivity contribution in [2.45, 2.75) is 36.2 Å². The number of hydrogen-bond acceptors (Lipinski definition) is 5. The van der Waals surface area contributed by atoms with Gasteiger partial charge in [0.2, 0.25) is 0 Å². The third kappa shape index (κ3) is 4.51. The van der Waals surface area contributed by atoms with Gasteiger partial charge in [0.25, 0.3) is 10.0 Å². The molecule has 0 atom stereocenters. The summed E-state index contributed by atoms with van der Waals surface area (Å²) in [6, 6.07) is 2.52. The van der Waals surface area contributed by atoms with E-state index in [9.17, 15) is 21.2 Å². The van der Waals surface area contributed by atoms with Gasteiger partial charge < -0.3 is 0 Å². The molecule has 0 radical (unpaired) electrons. The molecule has 0 spiro atoms. The molecule has 1 N–H and O–H groups in total. The van der Waals surface area contributed by atoms with Crippen LogP contribution in [0.3, 0.4) is 0 Å². The largest absolute Gasteiger partial charge is 0.281 e. The van der Waals surface area contributed by atoms with Gasteiger partial charge in [-0.1, -0.05) is 4.89 Å². The maximum absolute atomic E-state index is 13.6. The minimum atomic E-state index is -4.32. The number of sulfone groups is 1. The van der Waals surface area contributed by atoms with Gasteiger partial charge in [-0.05, 0) is 39.0 Å². The topological polar surface area (TPSA) is 89.5 Å². The van der Waals surface area contributed by atoms with Crippen LogP contribution in [-0.4, -0.2) is 28.7 Å². The van der Waals surface area contributed by atoms with E-state index in [2.05, 4.69) is 0 Å². The van der Waals surface area contributed by atoms with E-state index in [-0.39, 0.29) is 4.90 Å². The van der Waals surface area contributed by atoms with E-state index in [4.69, 9.17) is 4.84 Å². The van der Waals surface area contributed by atoms with Gasteiger partial charge in [-0.3, -0.25) is 4.84 Å². The summed E-state index contributed by atoms with van der Waals surface area (Å²) < 4.78 is 60.2. The summed E-state index contributed by atoms with van der Waals surface area (Å²) in [6.45, 7) is 4.79. The van der Waals surface area contributed by atoms with Crippen molar-refractivity contribution in [1.82, 2.24) is 4.89 Å². The molecule has 9 heteroatoms. The molecule has 114 valence electrons. The molecule has 0 amide bonds. The quantitative estimate of drug-likeness (QED) is 0.664. The molecule has 0 unspecified atom stereocenters. The molecular formula is C11H16FNO5S2. The number of nitrogens with one attached hydrogen (secondary N) is 1. The van der Waals surface area contributed by atoms with Crippen molar-refractivity contribution in [2.24, 2.45) is 0 Å². The highest BCUT2D eigenvalue weighted by molar-refractivity contribution is 7.91. The van der Waals surface area contributed by atoms with E-state index in [0.29, 0.717) is 0 Å². The molecule has 0 aliphatic carbocycles. The summed E-state index contributed by atoms with van der Waals surface area (Å²) in [5, 5.41) is 0. The van der Waals surface area contributed by atoms with Crippen molar-refractivity contribution >= 4 is 19.9 Å². The average molecular weight is 325 g/mol. The van der Waals surface area contributed by atoms with E-state index in [0.717, 1.165) is 24.5 Å². The standard InChI is InChI=1S/C11H16FNO5S2/c1-11(2,3)18-13-20(16,17)10-7-8(19(4,14)15)5-6-9(10)12/h5-7,13H,1-4H3. The molecule has 1 aromatic carbocycles. The fourth-order valence-electron chi connectivity index (χ4n) is 1.15. The summed E-state index contributed by atoms with van der Waals surface area (Å²) >= 11 is 0. The van der Waals surface area contributed by atoms with Crippen LogP contribution in [0.5, 0.6) is 0 Å². The van der Waals surface area contributed by atoms with Crippen molar-refractivity contribution in [2.75, 3.05) is 6.26 Å². The lowest BCUT2D eigenvalue weighted by atomic mass is 10.2. The minimum absolute atomic E-state index is 0.296. The molecule has 0 aromatic heterocycles. The maximum atomic E-state index is 13.6. The van der Waals surface area contributed by atoms with Crippen LogP contribution in [0.1, 0.15) is 20.8 Å². The fourth-order valence-corrected chi connectivity index (χ4v) is 2.92. The van der Waals surface area contributed by atoms with Gasteiger partial charge in [0.05, 0.1) is 10.5 Å². The third-order valence-corrected chi connectivity index (χ3v) is 4.38. The van der Waals surface area contributed by atoms with Crippen LogP contribution in [0.2, 0.25) is 0 Å². The first kappa shape index (κ1) is 17.0. The molecule has 0 heterocycles. The van der Waals surface area contributed by atoms with Gasteiger partial charge in [-0.2, -0.15) is 0 Å². The lowest BCUT2D eigenvalue weighted by Gasteiger charge is -2.19. The normalized spacial score (nSPS) is 13.4. The molecule has 0 aliphatic heterocycles. The van der Waals surface area contributed by atoms with E-state index < -0.39 is 36.2 Å². The predicted octanol–water partition coefficient (Wildman–Crippen LogP) is 1.24. The van der Waals surface area contributed by atoms with Crippen LogP contribution in [0.4, 0.5) is 4.39 Å². The van der Waals surface area contributed by atoms with Gasteiger partial charge in [0.1, 0.15) is 10.7 Å². The van der Waals surface area contributed by atoms with Crippen LogP contribution < -0.4 is 4.89 Å². The van der Waals surface area contributed by atoms with Crippen LogP contribution in [0, 0.1) is 5.82 Å². The summed E-state index contributed by atoms with van der Waals surface area (Å²) in [4.78, 5) is 5.56. The Morgan fingerprint density at radius 2 is 1.70 bits per heavy atom. The Bertz CT molecular complexity index is 705. The van der Waals surface area contributed by atoms with Crippen molar-refractivity contribution in [3.63, 3.8) is 0 Å². The molecule has 0 fully saturated rings. The van der Waals surface area contributed by atoms with E-state index in [1.807, 2.05) is 0 Å². The lowest BCUT2D eigenvalue weighted by molar-refractivity contribution is -0.0358. The predicted molar refractivity (Wildman–Crippen MR) is 70.7 cm³/mol. The van der Waals surface area contributed by atoms with Gasteiger partial charge in [-0.15, -0.1) is 0 Å². The highest BCUT2D eigenvalue weighted by atomic mass is 32.2. The second-order valence-electron chi connectivity index (χ2n) is 5.17. The average Bonchev–Trinajstić information content (AvgIpc) is 2.24. The Balaban J connectivity index is 3.25. The Morgan fingerprint density at radius 1 is 1.15 bits per heavy atom. The Hall–Kier alpha value is -1.03.